The summed E-state index contributed by atoms with van der Waals surface area (Å²) in [5, 5.41) is 2.34. The van der Waals surface area contributed by atoms with Crippen molar-refractivity contribution in [1.29, 1.82) is 0 Å². The molecule has 126 valence electrons. The molecule has 2 rings (SSSR count). The first-order valence-corrected chi connectivity index (χ1v) is 8.62. The number of imide groups is 1. The number of ether oxygens (including phenoxy) is 1. The van der Waals surface area contributed by atoms with Crippen molar-refractivity contribution in [3.05, 3.63) is 29.8 Å². The normalized spacial score (nSPS) is 17.6. The van der Waals surface area contributed by atoms with Crippen LogP contribution in [-0.2, 0) is 9.59 Å². The van der Waals surface area contributed by atoms with Crippen LogP contribution in [0.15, 0.2) is 24.3 Å². The maximum atomic E-state index is 11.6. The molecule has 23 heavy (non-hydrogen) atoms. The number of amides is 2. The van der Waals surface area contributed by atoms with Crippen LogP contribution in [0.4, 0.5) is 0 Å². The summed E-state index contributed by atoms with van der Waals surface area (Å²) in [7, 11) is 0. The van der Waals surface area contributed by atoms with Crippen molar-refractivity contribution in [2.45, 2.75) is 58.3 Å². The van der Waals surface area contributed by atoms with Crippen LogP contribution >= 0.6 is 0 Å². The van der Waals surface area contributed by atoms with Crippen LogP contribution in [-0.4, -0.2) is 18.4 Å². The zero-order chi connectivity index (χ0) is 16.7. The largest absolute Gasteiger partial charge is 0.494 e. The zero-order valence-corrected chi connectivity index (χ0v) is 14.1. The Kier molecular flexibility index (Phi) is 6.63. The molecular weight excluding hydrogens is 290 g/mol. The molecule has 1 fully saturated rings. The summed E-state index contributed by atoms with van der Waals surface area (Å²) in [5.74, 6) is 0.864. The molecule has 1 aliphatic rings. The van der Waals surface area contributed by atoms with Crippen LogP contribution in [0.3, 0.4) is 0 Å². The molecule has 0 radical (unpaired) electrons. The van der Waals surface area contributed by atoms with Crippen LogP contribution in [0, 0.1) is 5.92 Å². The highest BCUT2D eigenvalue weighted by atomic mass is 16.5. The van der Waals surface area contributed by atoms with Gasteiger partial charge < -0.3 is 4.74 Å². The number of carbonyl (C=O) groups excluding carboxylic acids is 2. The summed E-state index contributed by atoms with van der Waals surface area (Å²) < 4.78 is 5.73. The van der Waals surface area contributed by atoms with E-state index in [-0.39, 0.29) is 24.2 Å². The lowest BCUT2D eigenvalue weighted by Gasteiger charge is -2.09. The summed E-state index contributed by atoms with van der Waals surface area (Å²) >= 11 is 0. The van der Waals surface area contributed by atoms with Crippen LogP contribution in [0.25, 0.3) is 0 Å². The predicted molar refractivity (Wildman–Crippen MR) is 90.4 cm³/mol. The minimum absolute atomic E-state index is 0.196. The number of hydrogen-bond donors (Lipinski definition) is 1. The third kappa shape index (κ3) is 5.70. The van der Waals surface area contributed by atoms with E-state index in [1.165, 1.54) is 25.7 Å². The SMILES string of the molecule is CC(C)CCCCCCOc1ccc(C2CC(=O)NC2=O)cc1. The second kappa shape index (κ2) is 8.70. The van der Waals surface area contributed by atoms with Crippen molar-refractivity contribution < 1.29 is 14.3 Å². The monoisotopic (exact) mass is 317 g/mol. The number of nitrogens with one attached hydrogen (secondary N) is 1. The number of hydrogen-bond acceptors (Lipinski definition) is 3. The summed E-state index contributed by atoms with van der Waals surface area (Å²) in [6.07, 6.45) is 6.39. The van der Waals surface area contributed by atoms with E-state index < -0.39 is 0 Å². The minimum Gasteiger partial charge on any atom is -0.494 e. The van der Waals surface area contributed by atoms with Crippen molar-refractivity contribution in [3.63, 3.8) is 0 Å². The van der Waals surface area contributed by atoms with Crippen molar-refractivity contribution >= 4 is 11.8 Å². The van der Waals surface area contributed by atoms with Crippen LogP contribution in [0.1, 0.15) is 63.9 Å². The molecule has 4 heteroatoms. The highest BCUT2D eigenvalue weighted by Gasteiger charge is 2.31. The molecule has 1 saturated heterocycles. The van der Waals surface area contributed by atoms with Gasteiger partial charge in [-0.2, -0.15) is 0 Å². The van der Waals surface area contributed by atoms with E-state index in [0.717, 1.165) is 30.3 Å². The van der Waals surface area contributed by atoms with Gasteiger partial charge in [-0.05, 0) is 30.0 Å². The van der Waals surface area contributed by atoms with E-state index in [2.05, 4.69) is 19.2 Å². The molecule has 0 spiro atoms. The Hall–Kier alpha value is -1.84. The zero-order valence-electron chi connectivity index (χ0n) is 14.1. The molecule has 1 aromatic carbocycles. The smallest absolute Gasteiger partial charge is 0.234 e. The maximum Gasteiger partial charge on any atom is 0.234 e. The highest BCUT2D eigenvalue weighted by molar-refractivity contribution is 6.06. The van der Waals surface area contributed by atoms with E-state index >= 15 is 0 Å². The number of unbranched alkanes of at least 4 members (excludes halogenated alkanes) is 3. The van der Waals surface area contributed by atoms with E-state index in [9.17, 15) is 9.59 Å². The van der Waals surface area contributed by atoms with Crippen molar-refractivity contribution in [1.82, 2.24) is 5.32 Å². The Morgan fingerprint density at radius 2 is 1.78 bits per heavy atom. The Bertz CT molecular complexity index is 522. The Balaban J connectivity index is 1.67. The predicted octanol–water partition coefficient (Wildman–Crippen LogP) is 3.80. The van der Waals surface area contributed by atoms with Gasteiger partial charge in [-0.25, -0.2) is 0 Å². The topological polar surface area (TPSA) is 55.4 Å². The average Bonchev–Trinajstić information content (AvgIpc) is 2.85. The molecule has 4 nitrogen and oxygen atoms in total. The second-order valence-corrected chi connectivity index (χ2v) is 6.68. The Morgan fingerprint density at radius 3 is 2.39 bits per heavy atom. The molecule has 1 heterocycles. The van der Waals surface area contributed by atoms with Gasteiger partial charge >= 0.3 is 0 Å². The van der Waals surface area contributed by atoms with E-state index in [1.807, 2.05) is 24.3 Å². The quantitative estimate of drug-likeness (QED) is 0.557. The lowest BCUT2D eigenvalue weighted by atomic mass is 9.98. The van der Waals surface area contributed by atoms with Crippen LogP contribution < -0.4 is 10.1 Å². The maximum absolute atomic E-state index is 11.6. The number of rotatable bonds is 9. The molecule has 0 bridgehead atoms. The fourth-order valence-corrected chi connectivity index (χ4v) is 2.82. The van der Waals surface area contributed by atoms with Gasteiger partial charge in [-0.15, -0.1) is 0 Å². The molecule has 1 N–H and O–H groups in total. The van der Waals surface area contributed by atoms with E-state index in [0.29, 0.717) is 0 Å². The summed E-state index contributed by atoms with van der Waals surface area (Å²) in [5.41, 5.74) is 0.870. The van der Waals surface area contributed by atoms with Gasteiger partial charge in [-0.3, -0.25) is 14.9 Å². The second-order valence-electron chi connectivity index (χ2n) is 6.68. The van der Waals surface area contributed by atoms with Gasteiger partial charge in [0.15, 0.2) is 0 Å². The fourth-order valence-electron chi connectivity index (χ4n) is 2.82. The van der Waals surface area contributed by atoms with Crippen LogP contribution in [0.5, 0.6) is 5.75 Å². The lowest BCUT2D eigenvalue weighted by Crippen LogP contribution is -2.21. The van der Waals surface area contributed by atoms with E-state index in [1.54, 1.807) is 0 Å². The molecule has 1 aromatic rings. The molecule has 0 aromatic heterocycles. The molecule has 1 aliphatic heterocycles. The first-order chi connectivity index (χ1) is 11.1. The van der Waals surface area contributed by atoms with Gasteiger partial charge in [0.2, 0.25) is 11.8 Å². The highest BCUT2D eigenvalue weighted by Crippen LogP contribution is 2.26. The first kappa shape index (κ1) is 17.5. The van der Waals surface area contributed by atoms with Crippen molar-refractivity contribution in [3.8, 4) is 5.75 Å². The Morgan fingerprint density at radius 1 is 1.09 bits per heavy atom. The number of carbonyl (C=O) groups is 2. The van der Waals surface area contributed by atoms with Crippen molar-refractivity contribution in [2.24, 2.45) is 5.92 Å². The third-order valence-corrected chi connectivity index (χ3v) is 4.20. The van der Waals surface area contributed by atoms with E-state index in [4.69, 9.17) is 4.74 Å². The van der Waals surface area contributed by atoms with Crippen molar-refractivity contribution in [2.75, 3.05) is 6.61 Å². The minimum atomic E-state index is -0.350. The van der Waals surface area contributed by atoms with Crippen LogP contribution in [0.2, 0.25) is 0 Å². The van der Waals surface area contributed by atoms with Gasteiger partial charge in [-0.1, -0.05) is 51.7 Å². The molecule has 0 aliphatic carbocycles. The molecule has 0 saturated carbocycles. The average molecular weight is 317 g/mol. The van der Waals surface area contributed by atoms with Gasteiger partial charge in [0.1, 0.15) is 5.75 Å². The molecular formula is C19H27NO3. The standard InChI is InChI=1S/C19H27NO3/c1-14(2)7-5-3-4-6-12-23-16-10-8-15(9-11-16)17-13-18(21)20-19(17)22/h8-11,14,17H,3-7,12-13H2,1-2H3,(H,20,21,22). The summed E-state index contributed by atoms with van der Waals surface area (Å²) in [4.78, 5) is 22.9. The number of benzene rings is 1. The molecule has 1 unspecified atom stereocenters. The van der Waals surface area contributed by atoms with Gasteiger partial charge in [0, 0.05) is 6.42 Å². The Labute approximate surface area is 138 Å². The summed E-state index contributed by atoms with van der Waals surface area (Å²) in [6, 6.07) is 7.51. The molecule has 1 atom stereocenters. The van der Waals surface area contributed by atoms with Gasteiger partial charge in [0.25, 0.3) is 0 Å². The third-order valence-electron chi connectivity index (χ3n) is 4.20. The first-order valence-electron chi connectivity index (χ1n) is 8.62. The fraction of sp³-hybridized carbons (Fsp3) is 0.579. The lowest BCUT2D eigenvalue weighted by molar-refractivity contribution is -0.125. The van der Waals surface area contributed by atoms with Gasteiger partial charge in [0.05, 0.1) is 12.5 Å². The molecule has 2 amide bonds. The summed E-state index contributed by atoms with van der Waals surface area (Å²) in [6.45, 7) is 5.25.